The molecule has 0 bridgehead atoms. The summed E-state index contributed by atoms with van der Waals surface area (Å²) in [6.07, 6.45) is 0. The van der Waals surface area contributed by atoms with E-state index in [2.05, 4.69) is 0 Å². The zero-order chi connectivity index (χ0) is 14.5. The number of anilines is 1. The van der Waals surface area contributed by atoms with Gasteiger partial charge in [-0.15, -0.1) is 0 Å². The summed E-state index contributed by atoms with van der Waals surface area (Å²) in [5.74, 6) is 2.84. The minimum atomic E-state index is 0.481. The molecule has 106 valence electrons. The van der Waals surface area contributed by atoms with E-state index in [0.29, 0.717) is 34.4 Å². The Bertz CT molecular complexity index is 598. The van der Waals surface area contributed by atoms with Gasteiger partial charge in [0.05, 0.1) is 27.0 Å². The van der Waals surface area contributed by atoms with E-state index in [4.69, 9.17) is 24.7 Å². The average molecular weight is 275 g/mol. The van der Waals surface area contributed by atoms with Crippen LogP contribution >= 0.6 is 0 Å². The van der Waals surface area contributed by atoms with Gasteiger partial charge in [-0.05, 0) is 24.3 Å². The van der Waals surface area contributed by atoms with Crippen molar-refractivity contribution in [1.82, 2.24) is 0 Å². The van der Waals surface area contributed by atoms with Crippen molar-refractivity contribution in [3.8, 4) is 28.7 Å². The van der Waals surface area contributed by atoms with Crippen LogP contribution in [-0.2, 0) is 0 Å². The second-order valence-corrected chi connectivity index (χ2v) is 4.00. The maximum atomic E-state index is 5.93. The largest absolute Gasteiger partial charge is 0.497 e. The van der Waals surface area contributed by atoms with Crippen LogP contribution in [0.2, 0.25) is 0 Å². The van der Waals surface area contributed by atoms with E-state index in [0.717, 1.165) is 0 Å². The fraction of sp³-hybridized carbons (Fsp3) is 0.200. The number of rotatable bonds is 5. The van der Waals surface area contributed by atoms with Crippen LogP contribution in [0, 0.1) is 0 Å². The molecule has 0 spiro atoms. The lowest BCUT2D eigenvalue weighted by atomic mass is 10.2. The molecule has 0 aliphatic carbocycles. The van der Waals surface area contributed by atoms with E-state index in [1.165, 1.54) is 0 Å². The number of methoxy groups -OCH3 is 3. The SMILES string of the molecule is COc1ccc(Oc2cccc(OC)c2OC)c(N)c1. The first kappa shape index (κ1) is 13.9. The fourth-order valence-corrected chi connectivity index (χ4v) is 1.80. The average Bonchev–Trinajstić information content (AvgIpc) is 2.48. The molecule has 0 heterocycles. The van der Waals surface area contributed by atoms with Gasteiger partial charge in [-0.3, -0.25) is 0 Å². The zero-order valence-electron chi connectivity index (χ0n) is 11.7. The van der Waals surface area contributed by atoms with Crippen molar-refractivity contribution < 1.29 is 18.9 Å². The molecular formula is C15H17NO4. The Labute approximate surface area is 117 Å². The molecule has 0 amide bonds. The highest BCUT2D eigenvalue weighted by atomic mass is 16.5. The van der Waals surface area contributed by atoms with Crippen LogP contribution in [0.15, 0.2) is 36.4 Å². The number of nitrogens with two attached hydrogens (primary N) is 1. The second-order valence-electron chi connectivity index (χ2n) is 4.00. The molecule has 2 aromatic carbocycles. The van der Waals surface area contributed by atoms with Gasteiger partial charge in [-0.2, -0.15) is 0 Å². The summed E-state index contributed by atoms with van der Waals surface area (Å²) in [5, 5.41) is 0. The number of para-hydroxylation sites is 1. The summed E-state index contributed by atoms with van der Waals surface area (Å²) >= 11 is 0. The van der Waals surface area contributed by atoms with E-state index >= 15 is 0 Å². The minimum absolute atomic E-state index is 0.481. The predicted octanol–water partition coefficient (Wildman–Crippen LogP) is 3.09. The van der Waals surface area contributed by atoms with Crippen LogP contribution in [0.5, 0.6) is 28.7 Å². The molecule has 2 N–H and O–H groups in total. The van der Waals surface area contributed by atoms with Gasteiger partial charge in [-0.1, -0.05) is 6.07 Å². The monoisotopic (exact) mass is 275 g/mol. The number of hydrogen-bond donors (Lipinski definition) is 1. The molecular weight excluding hydrogens is 258 g/mol. The lowest BCUT2D eigenvalue weighted by molar-refractivity contribution is 0.336. The van der Waals surface area contributed by atoms with Crippen LogP contribution in [0.3, 0.4) is 0 Å². The minimum Gasteiger partial charge on any atom is -0.497 e. The molecule has 0 radical (unpaired) electrons. The highest BCUT2D eigenvalue weighted by Crippen LogP contribution is 2.40. The first-order valence-electron chi connectivity index (χ1n) is 6.02. The van der Waals surface area contributed by atoms with Crippen LogP contribution in [0.1, 0.15) is 0 Å². The van der Waals surface area contributed by atoms with E-state index in [1.54, 1.807) is 51.7 Å². The Hall–Kier alpha value is -2.56. The normalized spacial score (nSPS) is 9.95. The van der Waals surface area contributed by atoms with Gasteiger partial charge in [0.1, 0.15) is 5.75 Å². The Kier molecular flexibility index (Phi) is 4.20. The van der Waals surface area contributed by atoms with Gasteiger partial charge < -0.3 is 24.7 Å². The van der Waals surface area contributed by atoms with E-state index in [1.807, 2.05) is 6.07 Å². The standard InChI is InChI=1S/C15H17NO4/c1-17-10-7-8-12(11(16)9-10)20-14-6-4-5-13(18-2)15(14)19-3/h4-9H,16H2,1-3H3. The van der Waals surface area contributed by atoms with Crippen molar-refractivity contribution in [3.63, 3.8) is 0 Å². The highest BCUT2D eigenvalue weighted by molar-refractivity contribution is 5.59. The van der Waals surface area contributed by atoms with Crippen LogP contribution in [-0.4, -0.2) is 21.3 Å². The Morgan fingerprint density at radius 1 is 0.800 bits per heavy atom. The Morgan fingerprint density at radius 3 is 2.15 bits per heavy atom. The quantitative estimate of drug-likeness (QED) is 0.849. The van der Waals surface area contributed by atoms with E-state index in [-0.39, 0.29) is 0 Å². The van der Waals surface area contributed by atoms with E-state index in [9.17, 15) is 0 Å². The molecule has 0 atom stereocenters. The van der Waals surface area contributed by atoms with Crippen LogP contribution < -0.4 is 24.7 Å². The number of ether oxygens (including phenoxy) is 4. The Morgan fingerprint density at radius 2 is 1.55 bits per heavy atom. The predicted molar refractivity (Wildman–Crippen MR) is 77.0 cm³/mol. The van der Waals surface area contributed by atoms with Gasteiger partial charge in [0.25, 0.3) is 0 Å². The third-order valence-electron chi connectivity index (χ3n) is 2.80. The van der Waals surface area contributed by atoms with Crippen molar-refractivity contribution in [2.45, 2.75) is 0 Å². The number of nitrogen functional groups attached to an aromatic ring is 1. The molecule has 2 aromatic rings. The third-order valence-corrected chi connectivity index (χ3v) is 2.80. The zero-order valence-corrected chi connectivity index (χ0v) is 11.7. The molecule has 5 nitrogen and oxygen atoms in total. The lowest BCUT2D eigenvalue weighted by Gasteiger charge is -2.14. The molecule has 20 heavy (non-hydrogen) atoms. The Balaban J connectivity index is 2.35. The summed E-state index contributed by atoms with van der Waals surface area (Å²) in [4.78, 5) is 0. The molecule has 2 rings (SSSR count). The maximum Gasteiger partial charge on any atom is 0.203 e. The van der Waals surface area contributed by atoms with Crippen molar-refractivity contribution in [2.75, 3.05) is 27.1 Å². The fourth-order valence-electron chi connectivity index (χ4n) is 1.80. The molecule has 0 aliphatic heterocycles. The molecule has 0 saturated carbocycles. The summed E-state index contributed by atoms with van der Waals surface area (Å²) in [6, 6.07) is 10.6. The smallest absolute Gasteiger partial charge is 0.203 e. The van der Waals surface area contributed by atoms with Gasteiger partial charge in [-0.25, -0.2) is 0 Å². The molecule has 5 heteroatoms. The van der Waals surface area contributed by atoms with Crippen molar-refractivity contribution >= 4 is 5.69 Å². The first-order valence-corrected chi connectivity index (χ1v) is 6.02. The first-order chi connectivity index (χ1) is 9.69. The lowest BCUT2D eigenvalue weighted by Crippen LogP contribution is -1.97. The van der Waals surface area contributed by atoms with E-state index < -0.39 is 0 Å². The summed E-state index contributed by atoms with van der Waals surface area (Å²) in [5.41, 5.74) is 6.41. The molecule has 0 aliphatic rings. The van der Waals surface area contributed by atoms with Gasteiger partial charge >= 0.3 is 0 Å². The molecule has 0 aromatic heterocycles. The highest BCUT2D eigenvalue weighted by Gasteiger charge is 2.13. The van der Waals surface area contributed by atoms with Crippen LogP contribution in [0.4, 0.5) is 5.69 Å². The van der Waals surface area contributed by atoms with Crippen molar-refractivity contribution in [1.29, 1.82) is 0 Å². The van der Waals surface area contributed by atoms with Gasteiger partial charge in [0.15, 0.2) is 17.2 Å². The van der Waals surface area contributed by atoms with Gasteiger partial charge in [0, 0.05) is 6.07 Å². The summed E-state index contributed by atoms with van der Waals surface area (Å²) < 4.78 is 21.4. The van der Waals surface area contributed by atoms with Crippen LogP contribution in [0.25, 0.3) is 0 Å². The van der Waals surface area contributed by atoms with Crippen molar-refractivity contribution in [2.24, 2.45) is 0 Å². The molecule has 0 fully saturated rings. The van der Waals surface area contributed by atoms with Gasteiger partial charge in [0.2, 0.25) is 5.75 Å². The number of hydrogen-bond acceptors (Lipinski definition) is 5. The molecule has 0 saturated heterocycles. The van der Waals surface area contributed by atoms with Crippen molar-refractivity contribution in [3.05, 3.63) is 36.4 Å². The second kappa shape index (κ2) is 6.06. The molecule has 0 unspecified atom stereocenters. The third kappa shape index (κ3) is 2.71. The topological polar surface area (TPSA) is 62.9 Å². The summed E-state index contributed by atoms with van der Waals surface area (Å²) in [7, 11) is 4.71. The summed E-state index contributed by atoms with van der Waals surface area (Å²) in [6.45, 7) is 0. The maximum absolute atomic E-state index is 5.93. The number of benzene rings is 2.